The van der Waals surface area contributed by atoms with E-state index in [1.54, 1.807) is 0 Å². The summed E-state index contributed by atoms with van der Waals surface area (Å²) >= 11 is 0. The second-order valence-electron chi connectivity index (χ2n) is 5.20. The molecule has 0 rings (SSSR count). The number of esters is 1. The van der Waals surface area contributed by atoms with Crippen LogP contribution in [0, 0.1) is 11.3 Å². The molecule has 0 aliphatic carbocycles. The highest BCUT2D eigenvalue weighted by molar-refractivity contribution is 5.81. The molecule has 0 aromatic rings. The van der Waals surface area contributed by atoms with Gasteiger partial charge in [-0.15, -0.1) is 0 Å². The van der Waals surface area contributed by atoms with Gasteiger partial charge >= 0.3 is 5.97 Å². The van der Waals surface area contributed by atoms with Crippen LogP contribution < -0.4 is 0 Å². The molecule has 114 valence electrons. The Morgan fingerprint density at radius 1 is 1.25 bits per heavy atom. The van der Waals surface area contributed by atoms with Crippen LogP contribution in [-0.2, 0) is 14.3 Å². The number of hydrogen-bond acceptors (Lipinski definition) is 3. The number of carbonyl (C=O) groups excluding carboxylic acids is 1. The minimum atomic E-state index is -3.09. The first-order valence-corrected chi connectivity index (χ1v) is 6.19. The van der Waals surface area contributed by atoms with Crippen molar-refractivity contribution in [3.8, 4) is 0 Å². The number of rotatable bonds is 9. The molecule has 0 spiro atoms. The van der Waals surface area contributed by atoms with E-state index < -0.39 is 29.8 Å². The monoisotopic (exact) mass is 288 g/mol. The fourth-order valence-corrected chi connectivity index (χ4v) is 1.47. The van der Waals surface area contributed by atoms with Crippen LogP contribution in [0.1, 0.15) is 20.8 Å². The van der Waals surface area contributed by atoms with Crippen LogP contribution in [0.5, 0.6) is 0 Å². The number of ether oxygens (including phenoxy) is 2. The Balaban J connectivity index is 4.71. The van der Waals surface area contributed by atoms with Crippen molar-refractivity contribution in [1.29, 1.82) is 0 Å². The van der Waals surface area contributed by atoms with Crippen LogP contribution in [0.3, 0.4) is 0 Å². The maximum atomic E-state index is 14.4. The van der Waals surface area contributed by atoms with Gasteiger partial charge in [-0.3, -0.25) is 0 Å². The molecule has 0 saturated heterocycles. The zero-order valence-electron chi connectivity index (χ0n) is 12.2. The minimum Gasteiger partial charge on any atom is -0.494 e. The van der Waals surface area contributed by atoms with Crippen LogP contribution in [0.25, 0.3) is 0 Å². The van der Waals surface area contributed by atoms with Crippen molar-refractivity contribution < 1.29 is 23.0 Å². The van der Waals surface area contributed by atoms with Gasteiger partial charge in [0.05, 0.1) is 17.9 Å². The van der Waals surface area contributed by atoms with Crippen LogP contribution in [-0.4, -0.2) is 25.1 Å². The normalized spacial score (nSPS) is 13.2. The topological polar surface area (TPSA) is 35.5 Å². The summed E-state index contributed by atoms with van der Waals surface area (Å²) in [5, 5.41) is 0. The Hall–Kier alpha value is -1.65. The fourth-order valence-electron chi connectivity index (χ4n) is 1.47. The van der Waals surface area contributed by atoms with E-state index in [9.17, 15) is 13.6 Å². The molecule has 0 aliphatic heterocycles. The quantitative estimate of drug-likeness (QED) is 0.281. The van der Waals surface area contributed by atoms with Gasteiger partial charge in [0.25, 0.3) is 5.92 Å². The zero-order valence-corrected chi connectivity index (χ0v) is 12.2. The Labute approximate surface area is 118 Å². The molecule has 0 heterocycles. The van der Waals surface area contributed by atoms with Crippen LogP contribution in [0.4, 0.5) is 8.78 Å². The van der Waals surface area contributed by atoms with E-state index in [4.69, 9.17) is 9.47 Å². The molecule has 3 nitrogen and oxygen atoms in total. The Bertz CT molecular complexity index is 387. The third-order valence-corrected chi connectivity index (χ3v) is 3.01. The average molecular weight is 288 g/mol. The number of hydrogen-bond donors (Lipinski definition) is 0. The van der Waals surface area contributed by atoms with Crippen molar-refractivity contribution >= 4 is 5.97 Å². The summed E-state index contributed by atoms with van der Waals surface area (Å²) in [7, 11) is 0. The van der Waals surface area contributed by atoms with Crippen molar-refractivity contribution in [2.24, 2.45) is 11.3 Å². The van der Waals surface area contributed by atoms with Gasteiger partial charge in [0, 0.05) is 6.08 Å². The van der Waals surface area contributed by atoms with E-state index in [0.29, 0.717) is 0 Å². The lowest BCUT2D eigenvalue weighted by Crippen LogP contribution is -2.46. The summed E-state index contributed by atoms with van der Waals surface area (Å²) in [6, 6.07) is 0. The maximum absolute atomic E-state index is 14.4. The predicted octanol–water partition coefficient (Wildman–Crippen LogP) is 3.73. The van der Waals surface area contributed by atoms with E-state index in [0.717, 1.165) is 6.08 Å². The first-order valence-electron chi connectivity index (χ1n) is 6.19. The lowest BCUT2D eigenvalue weighted by Gasteiger charge is -2.37. The molecule has 0 aromatic heterocycles. The highest BCUT2D eigenvalue weighted by Crippen LogP contribution is 2.42. The van der Waals surface area contributed by atoms with E-state index >= 15 is 0 Å². The maximum Gasteiger partial charge on any atom is 0.330 e. The van der Waals surface area contributed by atoms with E-state index in [2.05, 4.69) is 19.7 Å². The van der Waals surface area contributed by atoms with Crippen molar-refractivity contribution in [3.05, 3.63) is 37.6 Å². The van der Waals surface area contributed by atoms with Gasteiger partial charge < -0.3 is 9.47 Å². The van der Waals surface area contributed by atoms with Gasteiger partial charge in [-0.2, -0.15) is 0 Å². The molecular formula is C15H22F2O3. The molecule has 0 N–H and O–H groups in total. The molecule has 0 bridgehead atoms. The summed E-state index contributed by atoms with van der Waals surface area (Å²) in [4.78, 5) is 11.0. The lowest BCUT2D eigenvalue weighted by molar-refractivity contribution is -0.181. The molecule has 5 heteroatoms. The smallest absolute Gasteiger partial charge is 0.330 e. The van der Waals surface area contributed by atoms with Gasteiger partial charge in [0.15, 0.2) is 0 Å². The largest absolute Gasteiger partial charge is 0.494 e. The van der Waals surface area contributed by atoms with E-state index in [1.165, 1.54) is 26.8 Å². The van der Waals surface area contributed by atoms with Gasteiger partial charge in [-0.05, 0) is 6.08 Å². The third-order valence-electron chi connectivity index (χ3n) is 3.01. The molecular weight excluding hydrogens is 266 g/mol. The van der Waals surface area contributed by atoms with Gasteiger partial charge in [0.1, 0.15) is 12.4 Å². The predicted molar refractivity (Wildman–Crippen MR) is 74.3 cm³/mol. The van der Waals surface area contributed by atoms with Gasteiger partial charge in [0.2, 0.25) is 0 Å². The molecule has 0 radical (unpaired) electrons. The second kappa shape index (κ2) is 7.22. The van der Waals surface area contributed by atoms with Crippen LogP contribution in [0.15, 0.2) is 37.6 Å². The van der Waals surface area contributed by atoms with E-state index in [-0.39, 0.29) is 12.4 Å². The zero-order chi connectivity index (χ0) is 16.0. The van der Waals surface area contributed by atoms with Crippen molar-refractivity contribution in [1.82, 2.24) is 0 Å². The number of carbonyl (C=O) groups is 1. The van der Waals surface area contributed by atoms with Crippen molar-refractivity contribution in [2.45, 2.75) is 26.7 Å². The molecule has 1 unspecified atom stereocenters. The number of allylic oxidation sites excluding steroid dienone is 1. The Morgan fingerprint density at radius 2 is 1.80 bits per heavy atom. The average Bonchev–Trinajstić information content (AvgIpc) is 2.41. The fraction of sp³-hybridized carbons (Fsp3) is 0.533. The summed E-state index contributed by atoms with van der Waals surface area (Å²) in [6.45, 7) is 13.6. The van der Waals surface area contributed by atoms with E-state index in [1.807, 2.05) is 0 Å². The summed E-state index contributed by atoms with van der Waals surface area (Å²) in [5.74, 6) is -4.64. The van der Waals surface area contributed by atoms with Crippen LogP contribution in [0.2, 0.25) is 0 Å². The van der Waals surface area contributed by atoms with Crippen molar-refractivity contribution in [2.75, 3.05) is 13.2 Å². The highest BCUT2D eigenvalue weighted by Gasteiger charge is 2.51. The molecule has 0 fully saturated rings. The molecule has 1 atom stereocenters. The molecule has 20 heavy (non-hydrogen) atoms. The second-order valence-corrected chi connectivity index (χ2v) is 5.20. The molecule has 0 saturated carbocycles. The highest BCUT2D eigenvalue weighted by atomic mass is 19.3. The Kier molecular flexibility index (Phi) is 6.62. The molecule has 0 aromatic carbocycles. The molecule has 0 amide bonds. The first kappa shape index (κ1) is 18.4. The molecule has 0 aliphatic rings. The van der Waals surface area contributed by atoms with Crippen LogP contribution >= 0.6 is 0 Å². The standard InChI is InChI=1S/C15H22F2O3/c1-7-12(4)19-9-11(3)15(16,17)14(5,6)10-20-13(18)8-2/h7-8,11H,1-2,4,9-10H2,3,5-6H3. The number of alkyl halides is 2. The number of halogens is 2. The summed E-state index contributed by atoms with van der Waals surface area (Å²) in [6.07, 6.45) is 2.29. The van der Waals surface area contributed by atoms with Crippen molar-refractivity contribution in [3.63, 3.8) is 0 Å². The summed E-state index contributed by atoms with van der Waals surface area (Å²) in [5.41, 5.74) is -1.52. The SMILES string of the molecule is C=CC(=C)OCC(C)C(F)(F)C(C)(C)COC(=O)C=C. The Morgan fingerprint density at radius 3 is 2.25 bits per heavy atom. The third kappa shape index (κ3) is 4.79. The minimum absolute atomic E-state index is 0.198. The summed E-state index contributed by atoms with van der Waals surface area (Å²) < 4.78 is 38.5. The van der Waals surface area contributed by atoms with Gasteiger partial charge in [-0.1, -0.05) is 40.5 Å². The van der Waals surface area contributed by atoms with Gasteiger partial charge in [-0.25, -0.2) is 13.6 Å². The first-order chi connectivity index (χ1) is 9.08. The lowest BCUT2D eigenvalue weighted by atomic mass is 9.80.